The van der Waals surface area contributed by atoms with Crippen molar-refractivity contribution in [2.45, 2.75) is 10.9 Å². The van der Waals surface area contributed by atoms with Gasteiger partial charge in [0.1, 0.15) is 11.9 Å². The zero-order chi connectivity index (χ0) is 17.8. The molecule has 0 bridgehead atoms. The lowest BCUT2D eigenvalue weighted by Gasteiger charge is -2.35. The van der Waals surface area contributed by atoms with E-state index in [1.54, 1.807) is 18.3 Å². The summed E-state index contributed by atoms with van der Waals surface area (Å²) in [6, 6.07) is 6.16. The number of rotatable bonds is 5. The van der Waals surface area contributed by atoms with Crippen LogP contribution >= 0.6 is 24.2 Å². The normalized spacial score (nSPS) is 16.8. The summed E-state index contributed by atoms with van der Waals surface area (Å²) in [6.45, 7) is 2.07. The number of non-ortho nitro benzene ring substituents is 1. The Hall–Kier alpha value is -2.10. The molecule has 140 valence electrons. The van der Waals surface area contributed by atoms with Crippen molar-refractivity contribution in [1.82, 2.24) is 19.8 Å². The minimum atomic E-state index is -0.433. The van der Waals surface area contributed by atoms with Crippen molar-refractivity contribution in [2.75, 3.05) is 25.4 Å². The molecule has 1 saturated heterocycles. The van der Waals surface area contributed by atoms with Crippen LogP contribution in [0.2, 0.25) is 0 Å². The zero-order valence-corrected chi connectivity index (χ0v) is 15.8. The lowest BCUT2D eigenvalue weighted by Crippen LogP contribution is -2.50. The van der Waals surface area contributed by atoms with Crippen LogP contribution in [-0.2, 0) is 11.8 Å². The fraction of sp³-hybridized carbons (Fsp3) is 0.375. The van der Waals surface area contributed by atoms with Crippen LogP contribution in [0.5, 0.6) is 0 Å². The summed E-state index contributed by atoms with van der Waals surface area (Å²) in [5, 5.41) is 14.0. The van der Waals surface area contributed by atoms with E-state index in [0.29, 0.717) is 18.8 Å². The Kier molecular flexibility index (Phi) is 7.01. The molecule has 1 amide bonds. The molecule has 0 saturated carbocycles. The van der Waals surface area contributed by atoms with Gasteiger partial charge in [0.05, 0.1) is 10.7 Å². The number of hydrogen-bond donors (Lipinski definition) is 1. The third kappa shape index (κ3) is 4.54. The van der Waals surface area contributed by atoms with Crippen LogP contribution in [0, 0.1) is 10.1 Å². The second kappa shape index (κ2) is 9.02. The maximum Gasteiger partial charge on any atom is 0.269 e. The molecular weight excluding hydrogens is 378 g/mol. The number of nitrogens with zero attached hydrogens (tertiary/aromatic N) is 4. The van der Waals surface area contributed by atoms with Crippen LogP contribution in [0.15, 0.2) is 41.6 Å². The van der Waals surface area contributed by atoms with E-state index in [-0.39, 0.29) is 30.0 Å². The molecule has 10 heteroatoms. The zero-order valence-electron chi connectivity index (χ0n) is 14.2. The van der Waals surface area contributed by atoms with Gasteiger partial charge < -0.3 is 14.8 Å². The van der Waals surface area contributed by atoms with E-state index in [4.69, 9.17) is 0 Å². The largest absolute Gasteiger partial charge is 0.336 e. The monoisotopic (exact) mass is 397 g/mol. The van der Waals surface area contributed by atoms with Crippen molar-refractivity contribution in [3.63, 3.8) is 0 Å². The lowest BCUT2D eigenvalue weighted by molar-refractivity contribution is -0.384. The fourth-order valence-electron chi connectivity index (χ4n) is 2.82. The number of imidazole rings is 1. The summed E-state index contributed by atoms with van der Waals surface area (Å²) in [4.78, 5) is 30.0. The molecule has 0 aliphatic carbocycles. The number of halogens is 1. The van der Waals surface area contributed by atoms with Crippen LogP contribution in [0.3, 0.4) is 0 Å². The van der Waals surface area contributed by atoms with Crippen molar-refractivity contribution in [1.29, 1.82) is 0 Å². The number of aromatic nitrogens is 2. The Morgan fingerprint density at radius 1 is 1.42 bits per heavy atom. The molecule has 0 spiro atoms. The van der Waals surface area contributed by atoms with Crippen molar-refractivity contribution < 1.29 is 9.72 Å². The fourth-order valence-corrected chi connectivity index (χ4v) is 3.61. The van der Waals surface area contributed by atoms with Gasteiger partial charge in [0.15, 0.2) is 0 Å². The number of thioether (sulfide) groups is 1. The summed E-state index contributed by atoms with van der Waals surface area (Å²) in [6.07, 6.45) is 3.61. The van der Waals surface area contributed by atoms with Gasteiger partial charge in [-0.3, -0.25) is 14.9 Å². The van der Waals surface area contributed by atoms with E-state index in [2.05, 4.69) is 10.3 Å². The molecule has 1 aliphatic heterocycles. The first-order chi connectivity index (χ1) is 12.1. The SMILES string of the molecule is Cl.Cn1ccnc1C1CNCCN1C(=O)CSc1ccc([N+](=O)[O-])cc1. The Labute approximate surface area is 161 Å². The van der Waals surface area contributed by atoms with Crippen LogP contribution in [-0.4, -0.2) is 50.7 Å². The summed E-state index contributed by atoms with van der Waals surface area (Å²) in [5.74, 6) is 1.19. The smallest absolute Gasteiger partial charge is 0.269 e. The number of piperazine rings is 1. The molecule has 1 fully saturated rings. The van der Waals surface area contributed by atoms with Gasteiger partial charge in [-0.1, -0.05) is 0 Å². The van der Waals surface area contributed by atoms with Gasteiger partial charge in [0.25, 0.3) is 5.69 Å². The van der Waals surface area contributed by atoms with E-state index in [9.17, 15) is 14.9 Å². The Morgan fingerprint density at radius 3 is 2.77 bits per heavy atom. The van der Waals surface area contributed by atoms with Gasteiger partial charge in [-0.15, -0.1) is 24.2 Å². The van der Waals surface area contributed by atoms with Gasteiger partial charge in [-0.2, -0.15) is 0 Å². The van der Waals surface area contributed by atoms with Gasteiger partial charge in [-0.25, -0.2) is 4.98 Å². The van der Waals surface area contributed by atoms with E-state index < -0.39 is 4.92 Å². The molecule has 2 aromatic rings. The van der Waals surface area contributed by atoms with Gasteiger partial charge >= 0.3 is 0 Å². The molecule has 2 heterocycles. The number of nitrogens with one attached hydrogen (secondary N) is 1. The molecule has 0 radical (unpaired) electrons. The molecule has 1 aliphatic rings. The number of carbonyl (C=O) groups excluding carboxylic acids is 1. The van der Waals surface area contributed by atoms with E-state index in [1.165, 1.54) is 23.9 Å². The van der Waals surface area contributed by atoms with Gasteiger partial charge in [0, 0.05) is 56.1 Å². The molecule has 1 atom stereocenters. The summed E-state index contributed by atoms with van der Waals surface area (Å²) >= 11 is 1.38. The number of carbonyl (C=O) groups is 1. The standard InChI is InChI=1S/C16H19N5O3S.ClH/c1-19-8-7-18-16(19)14-10-17-6-9-20(14)15(22)11-25-13-4-2-12(3-5-13)21(23)24;/h2-5,7-8,14,17H,6,9-11H2,1H3;1H. The van der Waals surface area contributed by atoms with Crippen molar-refractivity contribution in [3.8, 4) is 0 Å². The molecule has 1 unspecified atom stereocenters. The average Bonchev–Trinajstić information content (AvgIpc) is 3.06. The van der Waals surface area contributed by atoms with Crippen LogP contribution in [0.25, 0.3) is 0 Å². The third-order valence-corrected chi connectivity index (χ3v) is 5.13. The van der Waals surface area contributed by atoms with E-state index in [1.807, 2.05) is 22.7 Å². The van der Waals surface area contributed by atoms with Crippen LogP contribution in [0.1, 0.15) is 11.9 Å². The van der Waals surface area contributed by atoms with E-state index >= 15 is 0 Å². The van der Waals surface area contributed by atoms with Crippen molar-refractivity contribution in [2.24, 2.45) is 7.05 Å². The minimum Gasteiger partial charge on any atom is -0.336 e. The Morgan fingerprint density at radius 2 is 2.15 bits per heavy atom. The number of aryl methyl sites for hydroxylation is 1. The highest BCUT2D eigenvalue weighted by atomic mass is 35.5. The third-order valence-electron chi connectivity index (χ3n) is 4.13. The molecule has 1 aromatic carbocycles. The Bertz CT molecular complexity index is 768. The lowest BCUT2D eigenvalue weighted by atomic mass is 10.1. The molecule has 1 aromatic heterocycles. The van der Waals surface area contributed by atoms with Crippen LogP contribution < -0.4 is 5.32 Å². The number of nitro benzene ring substituents is 1. The number of benzene rings is 1. The Balaban J connectivity index is 0.00000243. The topological polar surface area (TPSA) is 93.3 Å². The second-order valence-electron chi connectivity index (χ2n) is 5.74. The van der Waals surface area contributed by atoms with Crippen LogP contribution in [0.4, 0.5) is 5.69 Å². The highest BCUT2D eigenvalue weighted by Crippen LogP contribution is 2.25. The predicted octanol–water partition coefficient (Wildman–Crippen LogP) is 2.02. The van der Waals surface area contributed by atoms with Gasteiger partial charge in [-0.05, 0) is 12.1 Å². The number of hydrogen-bond acceptors (Lipinski definition) is 6. The maximum absolute atomic E-state index is 12.7. The number of amides is 1. The maximum atomic E-state index is 12.7. The molecular formula is C16H20ClN5O3S. The summed E-state index contributed by atoms with van der Waals surface area (Å²) in [5.41, 5.74) is 0.0487. The summed E-state index contributed by atoms with van der Waals surface area (Å²) < 4.78 is 1.93. The van der Waals surface area contributed by atoms with Crippen molar-refractivity contribution >= 4 is 35.8 Å². The van der Waals surface area contributed by atoms with Gasteiger partial charge in [0.2, 0.25) is 5.91 Å². The summed E-state index contributed by atoms with van der Waals surface area (Å²) in [7, 11) is 1.92. The first kappa shape index (κ1) is 20.2. The minimum absolute atomic E-state index is 0. The molecule has 8 nitrogen and oxygen atoms in total. The molecule has 3 rings (SSSR count). The van der Waals surface area contributed by atoms with E-state index in [0.717, 1.165) is 17.3 Å². The van der Waals surface area contributed by atoms with Crippen molar-refractivity contribution in [3.05, 3.63) is 52.6 Å². The second-order valence-corrected chi connectivity index (χ2v) is 6.79. The average molecular weight is 398 g/mol. The quantitative estimate of drug-likeness (QED) is 0.471. The predicted molar refractivity (Wildman–Crippen MR) is 102 cm³/mol. The highest BCUT2D eigenvalue weighted by Gasteiger charge is 2.30. The molecule has 26 heavy (non-hydrogen) atoms. The number of nitro groups is 1. The highest BCUT2D eigenvalue weighted by molar-refractivity contribution is 8.00. The first-order valence-electron chi connectivity index (χ1n) is 7.91. The molecule has 1 N–H and O–H groups in total. The first-order valence-corrected chi connectivity index (χ1v) is 8.89.